The number of fused-ring (bicyclic) bond motifs is 1. The number of rotatable bonds is 4. The number of carboxylic acid groups (broad SMARTS) is 1. The molecular formula is C17H12FNO4. The Morgan fingerprint density at radius 3 is 2.17 bits per heavy atom. The number of carbonyl (C=O) groups is 3. The van der Waals surface area contributed by atoms with Crippen LogP contribution in [0.15, 0.2) is 48.5 Å². The summed E-state index contributed by atoms with van der Waals surface area (Å²) in [5, 5.41) is 9.44. The summed E-state index contributed by atoms with van der Waals surface area (Å²) in [6.45, 7) is 0. The van der Waals surface area contributed by atoms with Crippen LogP contribution in [0.3, 0.4) is 0 Å². The maximum absolute atomic E-state index is 13.3. The van der Waals surface area contributed by atoms with Gasteiger partial charge in [0.2, 0.25) is 0 Å². The molecule has 0 saturated carbocycles. The smallest absolute Gasteiger partial charge is 0.327 e. The van der Waals surface area contributed by atoms with Crippen molar-refractivity contribution in [1.82, 2.24) is 4.90 Å². The zero-order valence-electron chi connectivity index (χ0n) is 11.9. The number of carboxylic acids is 1. The second-order valence-electron chi connectivity index (χ2n) is 5.21. The van der Waals surface area contributed by atoms with E-state index in [0.717, 1.165) is 4.90 Å². The third kappa shape index (κ3) is 2.59. The third-order valence-corrected chi connectivity index (χ3v) is 3.74. The average molecular weight is 313 g/mol. The molecule has 2 aromatic rings. The molecule has 0 saturated heterocycles. The highest BCUT2D eigenvalue weighted by molar-refractivity contribution is 6.22. The number of benzene rings is 2. The van der Waals surface area contributed by atoms with Gasteiger partial charge in [-0.25, -0.2) is 9.18 Å². The molecule has 1 aliphatic rings. The number of hydrogen-bond acceptors (Lipinski definition) is 3. The third-order valence-electron chi connectivity index (χ3n) is 3.74. The summed E-state index contributed by atoms with van der Waals surface area (Å²) in [6, 6.07) is 10.2. The van der Waals surface area contributed by atoms with Crippen molar-refractivity contribution >= 4 is 17.8 Å². The lowest BCUT2D eigenvalue weighted by Gasteiger charge is -2.22. The van der Waals surface area contributed by atoms with Crippen LogP contribution in [-0.2, 0) is 11.2 Å². The Kier molecular flexibility index (Phi) is 3.65. The molecule has 1 heterocycles. The fraction of sp³-hybridized carbons (Fsp3) is 0.118. The number of halogens is 1. The maximum Gasteiger partial charge on any atom is 0.327 e. The van der Waals surface area contributed by atoms with Gasteiger partial charge in [-0.2, -0.15) is 0 Å². The van der Waals surface area contributed by atoms with Crippen LogP contribution >= 0.6 is 0 Å². The number of carbonyl (C=O) groups excluding carboxylic acids is 2. The molecule has 23 heavy (non-hydrogen) atoms. The topological polar surface area (TPSA) is 74.7 Å². The average Bonchev–Trinajstić information content (AvgIpc) is 2.77. The minimum absolute atomic E-state index is 0.154. The standard InChI is InChI=1S/C17H12FNO4/c18-11-5-3-4-10(8-11)9-14(17(22)23)19-15(20)12-6-1-2-7-13(12)16(19)21/h1-8,14H,9H2,(H,22,23)/t14-/m0/s1. The fourth-order valence-electron chi connectivity index (χ4n) is 2.67. The molecule has 0 bridgehead atoms. The van der Waals surface area contributed by atoms with Crippen molar-refractivity contribution in [1.29, 1.82) is 0 Å². The summed E-state index contributed by atoms with van der Waals surface area (Å²) >= 11 is 0. The summed E-state index contributed by atoms with van der Waals surface area (Å²) in [6.07, 6.45) is -0.154. The van der Waals surface area contributed by atoms with Gasteiger partial charge in [-0.05, 0) is 29.8 Å². The van der Waals surface area contributed by atoms with Gasteiger partial charge < -0.3 is 5.11 Å². The van der Waals surface area contributed by atoms with Gasteiger partial charge in [-0.1, -0.05) is 24.3 Å². The number of nitrogens with zero attached hydrogens (tertiary/aromatic N) is 1. The van der Waals surface area contributed by atoms with E-state index in [-0.39, 0.29) is 17.5 Å². The van der Waals surface area contributed by atoms with Gasteiger partial charge in [0.25, 0.3) is 11.8 Å². The molecule has 3 rings (SSSR count). The molecule has 116 valence electrons. The molecule has 1 aliphatic heterocycles. The second-order valence-corrected chi connectivity index (χ2v) is 5.21. The van der Waals surface area contributed by atoms with E-state index in [0.29, 0.717) is 5.56 Å². The highest BCUT2D eigenvalue weighted by atomic mass is 19.1. The van der Waals surface area contributed by atoms with Gasteiger partial charge >= 0.3 is 5.97 Å². The van der Waals surface area contributed by atoms with Gasteiger partial charge in [-0.3, -0.25) is 14.5 Å². The van der Waals surface area contributed by atoms with E-state index in [2.05, 4.69) is 0 Å². The van der Waals surface area contributed by atoms with Crippen LogP contribution in [0.2, 0.25) is 0 Å². The van der Waals surface area contributed by atoms with Crippen LogP contribution in [0.1, 0.15) is 26.3 Å². The number of imide groups is 1. The van der Waals surface area contributed by atoms with Gasteiger partial charge in [0, 0.05) is 6.42 Å². The summed E-state index contributed by atoms with van der Waals surface area (Å²) in [5.41, 5.74) is 0.764. The molecule has 1 N–H and O–H groups in total. The maximum atomic E-state index is 13.3. The van der Waals surface area contributed by atoms with E-state index in [1.807, 2.05) is 0 Å². The van der Waals surface area contributed by atoms with Gasteiger partial charge in [0.1, 0.15) is 11.9 Å². The summed E-state index contributed by atoms with van der Waals surface area (Å²) in [5.74, 6) is -3.11. The molecule has 1 atom stereocenters. The van der Waals surface area contributed by atoms with Crippen LogP contribution in [0.5, 0.6) is 0 Å². The number of aliphatic carboxylic acids is 1. The summed E-state index contributed by atoms with van der Waals surface area (Å²) in [4.78, 5) is 37.1. The number of hydrogen-bond donors (Lipinski definition) is 1. The van der Waals surface area contributed by atoms with Crippen molar-refractivity contribution in [3.63, 3.8) is 0 Å². The van der Waals surface area contributed by atoms with Gasteiger partial charge in [0.15, 0.2) is 0 Å². The summed E-state index contributed by atoms with van der Waals surface area (Å²) in [7, 11) is 0. The SMILES string of the molecule is O=C(O)[C@H](Cc1cccc(F)c1)N1C(=O)c2ccccc2C1=O. The molecule has 5 nitrogen and oxygen atoms in total. The highest BCUT2D eigenvalue weighted by Gasteiger charge is 2.42. The quantitative estimate of drug-likeness (QED) is 0.877. The zero-order valence-corrected chi connectivity index (χ0v) is 11.9. The van der Waals surface area contributed by atoms with Crippen molar-refractivity contribution in [2.24, 2.45) is 0 Å². The van der Waals surface area contributed by atoms with E-state index in [1.165, 1.54) is 30.3 Å². The largest absolute Gasteiger partial charge is 0.480 e. The molecule has 0 aliphatic carbocycles. The molecule has 0 radical (unpaired) electrons. The monoisotopic (exact) mass is 313 g/mol. The second kappa shape index (κ2) is 5.64. The van der Waals surface area contributed by atoms with Crippen molar-refractivity contribution < 1.29 is 23.9 Å². The normalized spacial score (nSPS) is 14.7. The fourth-order valence-corrected chi connectivity index (χ4v) is 2.67. The van der Waals surface area contributed by atoms with Crippen molar-refractivity contribution in [2.45, 2.75) is 12.5 Å². The van der Waals surface area contributed by atoms with Crippen LogP contribution in [0.25, 0.3) is 0 Å². The predicted molar refractivity (Wildman–Crippen MR) is 78.5 cm³/mol. The lowest BCUT2D eigenvalue weighted by Crippen LogP contribution is -2.46. The van der Waals surface area contributed by atoms with Crippen molar-refractivity contribution in [3.05, 3.63) is 71.0 Å². The van der Waals surface area contributed by atoms with E-state index in [9.17, 15) is 23.9 Å². The molecule has 0 spiro atoms. The summed E-state index contributed by atoms with van der Waals surface area (Å²) < 4.78 is 13.3. The van der Waals surface area contributed by atoms with E-state index < -0.39 is 29.6 Å². The molecule has 2 aromatic carbocycles. The van der Waals surface area contributed by atoms with Crippen LogP contribution in [-0.4, -0.2) is 33.8 Å². The van der Waals surface area contributed by atoms with Crippen LogP contribution in [0.4, 0.5) is 4.39 Å². The minimum atomic E-state index is -1.39. The van der Waals surface area contributed by atoms with E-state index in [4.69, 9.17) is 0 Å². The first kappa shape index (κ1) is 14.9. The van der Waals surface area contributed by atoms with E-state index in [1.54, 1.807) is 18.2 Å². The molecule has 6 heteroatoms. The Morgan fingerprint density at radius 2 is 1.65 bits per heavy atom. The first-order valence-corrected chi connectivity index (χ1v) is 6.93. The molecule has 0 fully saturated rings. The lowest BCUT2D eigenvalue weighted by molar-refractivity contribution is -0.141. The Labute approximate surface area is 131 Å². The van der Waals surface area contributed by atoms with E-state index >= 15 is 0 Å². The Hall–Kier alpha value is -3.02. The van der Waals surface area contributed by atoms with Crippen molar-refractivity contribution in [2.75, 3.05) is 0 Å². The molecule has 2 amide bonds. The van der Waals surface area contributed by atoms with Crippen LogP contribution in [0, 0.1) is 5.82 Å². The van der Waals surface area contributed by atoms with Crippen molar-refractivity contribution in [3.8, 4) is 0 Å². The first-order valence-electron chi connectivity index (χ1n) is 6.93. The minimum Gasteiger partial charge on any atom is -0.480 e. The molecule has 0 aromatic heterocycles. The predicted octanol–water partition coefficient (Wildman–Crippen LogP) is 2.12. The Bertz CT molecular complexity index is 783. The Morgan fingerprint density at radius 1 is 1.04 bits per heavy atom. The number of amides is 2. The molecule has 0 unspecified atom stereocenters. The van der Waals surface area contributed by atoms with Crippen LogP contribution < -0.4 is 0 Å². The van der Waals surface area contributed by atoms with Gasteiger partial charge in [-0.15, -0.1) is 0 Å². The highest BCUT2D eigenvalue weighted by Crippen LogP contribution is 2.26. The zero-order chi connectivity index (χ0) is 16.6. The Balaban J connectivity index is 1.95. The van der Waals surface area contributed by atoms with Gasteiger partial charge in [0.05, 0.1) is 11.1 Å². The first-order chi connectivity index (χ1) is 11.0. The molecular weight excluding hydrogens is 301 g/mol. The lowest BCUT2D eigenvalue weighted by atomic mass is 10.0.